The minimum atomic E-state index is -0.225. The van der Waals surface area contributed by atoms with E-state index in [1.807, 2.05) is 23.2 Å². The van der Waals surface area contributed by atoms with Crippen LogP contribution in [0.3, 0.4) is 0 Å². The van der Waals surface area contributed by atoms with E-state index in [-0.39, 0.29) is 11.9 Å². The minimum absolute atomic E-state index is 0.225. The molecule has 2 rings (SSSR count). The van der Waals surface area contributed by atoms with E-state index in [0.29, 0.717) is 5.56 Å². The molecule has 1 aromatic carbocycles. The lowest BCUT2D eigenvalue weighted by Gasteiger charge is -2.03. The molecule has 0 atom stereocenters. The zero-order valence-electron chi connectivity index (χ0n) is 10.1. The summed E-state index contributed by atoms with van der Waals surface area (Å²) in [5.41, 5.74) is 1.29. The summed E-state index contributed by atoms with van der Waals surface area (Å²) in [4.78, 5) is 1.00. The Morgan fingerprint density at radius 3 is 2.59 bits per heavy atom. The number of aromatic nitrogens is 2. The molecule has 0 unspecified atom stereocenters. The van der Waals surface area contributed by atoms with Gasteiger partial charge in [-0.15, -0.1) is 11.8 Å². The molecule has 4 heteroatoms. The van der Waals surface area contributed by atoms with E-state index >= 15 is 0 Å². The molecule has 90 valence electrons. The third kappa shape index (κ3) is 2.36. The molecule has 1 aromatic heterocycles. The van der Waals surface area contributed by atoms with Crippen molar-refractivity contribution in [3.63, 3.8) is 0 Å². The summed E-state index contributed by atoms with van der Waals surface area (Å²) in [5.74, 6) is -0.225. The van der Waals surface area contributed by atoms with Crippen molar-refractivity contribution in [2.45, 2.75) is 24.8 Å². The first kappa shape index (κ1) is 12.2. The highest BCUT2D eigenvalue weighted by atomic mass is 32.2. The molecule has 0 aliphatic heterocycles. The molecule has 1 heterocycles. The number of halogens is 1. The summed E-state index contributed by atoms with van der Waals surface area (Å²) in [6, 6.07) is 7.03. The summed E-state index contributed by atoms with van der Waals surface area (Å²) in [5, 5.41) is 4.47. The number of hydrogen-bond acceptors (Lipinski definition) is 2. The Kier molecular flexibility index (Phi) is 3.52. The van der Waals surface area contributed by atoms with Crippen molar-refractivity contribution in [1.82, 2.24) is 9.78 Å². The van der Waals surface area contributed by atoms with Crippen LogP contribution in [0.5, 0.6) is 0 Å². The van der Waals surface area contributed by atoms with Gasteiger partial charge in [-0.05, 0) is 32.2 Å². The molecule has 0 N–H and O–H groups in total. The van der Waals surface area contributed by atoms with Crippen LogP contribution in [0, 0.1) is 5.82 Å². The highest BCUT2D eigenvalue weighted by Gasteiger charge is 2.14. The first-order valence-electron chi connectivity index (χ1n) is 5.51. The quantitative estimate of drug-likeness (QED) is 0.766. The molecule has 2 nitrogen and oxygen atoms in total. The van der Waals surface area contributed by atoms with E-state index in [2.05, 4.69) is 18.9 Å². The second-order valence-corrected chi connectivity index (χ2v) is 4.95. The molecule has 0 aliphatic rings. The van der Waals surface area contributed by atoms with Crippen LogP contribution in [-0.4, -0.2) is 16.0 Å². The Morgan fingerprint density at radius 2 is 2.00 bits per heavy atom. The SMILES string of the molecule is CSc1cn(C(C)C)nc1-c1ccccc1F. The standard InChI is InChI=1S/C13H15FN2S/c1-9(2)16-8-12(17-3)13(15-16)10-6-4-5-7-11(10)14/h4-9H,1-3H3. The number of nitrogens with zero attached hydrogens (tertiary/aromatic N) is 2. The Hall–Kier alpha value is -1.29. The zero-order valence-corrected chi connectivity index (χ0v) is 11.0. The number of thioether (sulfide) groups is 1. The van der Waals surface area contributed by atoms with Crippen molar-refractivity contribution in [3.05, 3.63) is 36.3 Å². The first-order valence-corrected chi connectivity index (χ1v) is 6.74. The van der Waals surface area contributed by atoms with E-state index in [1.165, 1.54) is 6.07 Å². The molecule has 0 radical (unpaired) electrons. The second kappa shape index (κ2) is 4.92. The van der Waals surface area contributed by atoms with Crippen LogP contribution in [0.4, 0.5) is 4.39 Å². The van der Waals surface area contributed by atoms with Gasteiger partial charge in [0.1, 0.15) is 11.5 Å². The van der Waals surface area contributed by atoms with E-state index < -0.39 is 0 Å². The fourth-order valence-corrected chi connectivity index (χ4v) is 2.19. The smallest absolute Gasteiger partial charge is 0.132 e. The van der Waals surface area contributed by atoms with Crippen LogP contribution in [0.1, 0.15) is 19.9 Å². The van der Waals surface area contributed by atoms with E-state index in [1.54, 1.807) is 23.9 Å². The van der Waals surface area contributed by atoms with Gasteiger partial charge in [0.05, 0.1) is 4.90 Å². The van der Waals surface area contributed by atoms with Crippen molar-refractivity contribution in [2.75, 3.05) is 6.26 Å². The largest absolute Gasteiger partial charge is 0.268 e. The zero-order chi connectivity index (χ0) is 12.4. The van der Waals surface area contributed by atoms with Gasteiger partial charge in [0.15, 0.2) is 0 Å². The summed E-state index contributed by atoms with van der Waals surface area (Å²) in [7, 11) is 0. The average Bonchev–Trinajstić information content (AvgIpc) is 2.73. The molecule has 0 saturated carbocycles. The molecule has 0 saturated heterocycles. The lowest BCUT2D eigenvalue weighted by atomic mass is 10.1. The summed E-state index contributed by atoms with van der Waals surface area (Å²) < 4.78 is 15.6. The summed E-state index contributed by atoms with van der Waals surface area (Å²) in [6.45, 7) is 4.12. The predicted octanol–water partition coefficient (Wildman–Crippen LogP) is 3.99. The van der Waals surface area contributed by atoms with Gasteiger partial charge in [-0.3, -0.25) is 4.68 Å². The topological polar surface area (TPSA) is 17.8 Å². The van der Waals surface area contributed by atoms with Gasteiger partial charge >= 0.3 is 0 Å². The molecule has 0 bridgehead atoms. The summed E-state index contributed by atoms with van der Waals surface area (Å²) in [6.07, 6.45) is 3.95. The Labute approximate surface area is 105 Å². The Balaban J connectivity index is 2.55. The monoisotopic (exact) mass is 250 g/mol. The lowest BCUT2D eigenvalue weighted by molar-refractivity contribution is 0.532. The normalized spacial score (nSPS) is 11.1. The molecule has 2 aromatic rings. The lowest BCUT2D eigenvalue weighted by Crippen LogP contribution is -2.00. The van der Waals surface area contributed by atoms with Gasteiger partial charge in [0.25, 0.3) is 0 Å². The number of hydrogen-bond donors (Lipinski definition) is 0. The van der Waals surface area contributed by atoms with Crippen molar-refractivity contribution < 1.29 is 4.39 Å². The fourth-order valence-electron chi connectivity index (χ4n) is 1.63. The van der Waals surface area contributed by atoms with E-state index in [0.717, 1.165) is 10.6 Å². The third-order valence-electron chi connectivity index (χ3n) is 2.58. The van der Waals surface area contributed by atoms with Crippen LogP contribution < -0.4 is 0 Å². The Bertz CT molecular complexity index is 520. The van der Waals surface area contributed by atoms with Crippen LogP contribution in [0.2, 0.25) is 0 Å². The highest BCUT2D eigenvalue weighted by Crippen LogP contribution is 2.31. The van der Waals surface area contributed by atoms with Crippen molar-refractivity contribution in [2.24, 2.45) is 0 Å². The molecule has 0 fully saturated rings. The molecule has 0 aliphatic carbocycles. The molecular weight excluding hydrogens is 235 g/mol. The van der Waals surface area contributed by atoms with Crippen LogP contribution >= 0.6 is 11.8 Å². The molecule has 0 amide bonds. The van der Waals surface area contributed by atoms with Crippen LogP contribution in [0.15, 0.2) is 35.4 Å². The van der Waals surface area contributed by atoms with Gasteiger partial charge < -0.3 is 0 Å². The van der Waals surface area contributed by atoms with Gasteiger partial charge in [0.2, 0.25) is 0 Å². The summed E-state index contributed by atoms with van der Waals surface area (Å²) >= 11 is 1.59. The van der Waals surface area contributed by atoms with Gasteiger partial charge in [-0.25, -0.2) is 4.39 Å². The average molecular weight is 250 g/mol. The van der Waals surface area contributed by atoms with Gasteiger partial charge in [-0.2, -0.15) is 5.10 Å². The minimum Gasteiger partial charge on any atom is -0.268 e. The highest BCUT2D eigenvalue weighted by molar-refractivity contribution is 7.98. The maximum atomic E-state index is 13.7. The maximum Gasteiger partial charge on any atom is 0.132 e. The molecular formula is C13H15FN2S. The van der Waals surface area contributed by atoms with Gasteiger partial charge in [-0.1, -0.05) is 12.1 Å². The van der Waals surface area contributed by atoms with Crippen molar-refractivity contribution >= 4 is 11.8 Å². The number of rotatable bonds is 3. The van der Waals surface area contributed by atoms with Crippen LogP contribution in [0.25, 0.3) is 11.3 Å². The van der Waals surface area contributed by atoms with E-state index in [9.17, 15) is 4.39 Å². The first-order chi connectivity index (χ1) is 8.13. The van der Waals surface area contributed by atoms with E-state index in [4.69, 9.17) is 0 Å². The third-order valence-corrected chi connectivity index (χ3v) is 3.31. The van der Waals surface area contributed by atoms with Crippen LogP contribution in [-0.2, 0) is 0 Å². The maximum absolute atomic E-state index is 13.7. The van der Waals surface area contributed by atoms with Crippen molar-refractivity contribution in [3.8, 4) is 11.3 Å². The number of benzene rings is 1. The Morgan fingerprint density at radius 1 is 1.29 bits per heavy atom. The molecule has 0 spiro atoms. The predicted molar refractivity (Wildman–Crippen MR) is 69.8 cm³/mol. The second-order valence-electron chi connectivity index (χ2n) is 4.10. The fraction of sp³-hybridized carbons (Fsp3) is 0.308. The van der Waals surface area contributed by atoms with Crippen molar-refractivity contribution in [1.29, 1.82) is 0 Å². The van der Waals surface area contributed by atoms with Gasteiger partial charge in [0, 0.05) is 17.8 Å². The molecule has 17 heavy (non-hydrogen) atoms.